The molecular formula is C16H22O7. The molecular weight excluding hydrogens is 304 g/mol. The highest BCUT2D eigenvalue weighted by Crippen LogP contribution is 2.29. The lowest BCUT2D eigenvalue weighted by molar-refractivity contribution is -0.277. The van der Waals surface area contributed by atoms with Crippen LogP contribution in [0.15, 0.2) is 30.9 Å². The minimum atomic E-state index is -1.48. The Hall–Kier alpha value is -1.64. The SMILES string of the molecule is C=CCc1ccc(O[C@@H]2O[C@H](CO)[C@@H](O)[C@@H](O)[C@H]2O)cc1OC. The molecule has 0 saturated carbocycles. The van der Waals surface area contributed by atoms with Crippen molar-refractivity contribution in [1.82, 2.24) is 0 Å². The van der Waals surface area contributed by atoms with Crippen molar-refractivity contribution in [1.29, 1.82) is 0 Å². The summed E-state index contributed by atoms with van der Waals surface area (Å²) in [5.74, 6) is 0.950. The number of aliphatic hydroxyl groups is 4. The third-order valence-corrected chi connectivity index (χ3v) is 3.72. The molecule has 1 saturated heterocycles. The van der Waals surface area contributed by atoms with E-state index in [-0.39, 0.29) is 0 Å². The van der Waals surface area contributed by atoms with Gasteiger partial charge in [0.2, 0.25) is 6.29 Å². The Morgan fingerprint density at radius 2 is 1.96 bits per heavy atom. The quantitative estimate of drug-likeness (QED) is 0.527. The highest BCUT2D eigenvalue weighted by molar-refractivity contribution is 5.41. The van der Waals surface area contributed by atoms with Crippen molar-refractivity contribution in [3.05, 3.63) is 36.4 Å². The van der Waals surface area contributed by atoms with Crippen LogP contribution in [0.2, 0.25) is 0 Å². The largest absolute Gasteiger partial charge is 0.496 e. The molecule has 1 aromatic carbocycles. The van der Waals surface area contributed by atoms with E-state index in [2.05, 4.69) is 6.58 Å². The summed E-state index contributed by atoms with van der Waals surface area (Å²) in [5, 5.41) is 38.6. The molecule has 128 valence electrons. The van der Waals surface area contributed by atoms with Crippen LogP contribution in [0.5, 0.6) is 11.5 Å². The Kier molecular flexibility index (Phi) is 5.97. The smallest absolute Gasteiger partial charge is 0.229 e. The number of aliphatic hydroxyl groups excluding tert-OH is 4. The van der Waals surface area contributed by atoms with E-state index >= 15 is 0 Å². The van der Waals surface area contributed by atoms with E-state index in [9.17, 15) is 15.3 Å². The number of benzene rings is 1. The highest BCUT2D eigenvalue weighted by Gasteiger charge is 2.44. The van der Waals surface area contributed by atoms with Crippen molar-refractivity contribution < 1.29 is 34.6 Å². The third kappa shape index (κ3) is 3.82. The van der Waals surface area contributed by atoms with Gasteiger partial charge >= 0.3 is 0 Å². The molecule has 1 aromatic rings. The molecule has 0 amide bonds. The molecule has 1 heterocycles. The van der Waals surface area contributed by atoms with Crippen LogP contribution >= 0.6 is 0 Å². The van der Waals surface area contributed by atoms with Gasteiger partial charge in [0.25, 0.3) is 0 Å². The molecule has 0 aliphatic carbocycles. The van der Waals surface area contributed by atoms with Crippen molar-refractivity contribution in [2.45, 2.75) is 37.1 Å². The number of methoxy groups -OCH3 is 1. The van der Waals surface area contributed by atoms with E-state index in [0.29, 0.717) is 17.9 Å². The number of rotatable bonds is 6. The van der Waals surface area contributed by atoms with Gasteiger partial charge in [-0.2, -0.15) is 0 Å². The highest BCUT2D eigenvalue weighted by atomic mass is 16.7. The minimum Gasteiger partial charge on any atom is -0.496 e. The fourth-order valence-electron chi connectivity index (χ4n) is 2.42. The number of allylic oxidation sites excluding steroid dienone is 1. The summed E-state index contributed by atoms with van der Waals surface area (Å²) in [6.07, 6.45) is -4.21. The zero-order chi connectivity index (χ0) is 17.0. The fourth-order valence-corrected chi connectivity index (χ4v) is 2.42. The molecule has 0 spiro atoms. The molecule has 7 heteroatoms. The van der Waals surface area contributed by atoms with Gasteiger partial charge in [0, 0.05) is 6.07 Å². The van der Waals surface area contributed by atoms with Gasteiger partial charge in [0.1, 0.15) is 35.9 Å². The third-order valence-electron chi connectivity index (χ3n) is 3.72. The van der Waals surface area contributed by atoms with E-state index in [4.69, 9.17) is 19.3 Å². The molecule has 0 aromatic heterocycles. The van der Waals surface area contributed by atoms with Crippen LogP contribution in [0, 0.1) is 0 Å². The topological polar surface area (TPSA) is 109 Å². The predicted octanol–water partition coefficient (Wildman–Crippen LogP) is -0.398. The molecule has 7 nitrogen and oxygen atoms in total. The number of ether oxygens (including phenoxy) is 3. The van der Waals surface area contributed by atoms with E-state index in [1.165, 1.54) is 7.11 Å². The van der Waals surface area contributed by atoms with Gasteiger partial charge in [-0.05, 0) is 18.1 Å². The van der Waals surface area contributed by atoms with E-state index < -0.39 is 37.3 Å². The molecule has 1 fully saturated rings. The van der Waals surface area contributed by atoms with Gasteiger partial charge in [-0.1, -0.05) is 12.1 Å². The summed E-state index contributed by atoms with van der Waals surface area (Å²) in [6, 6.07) is 5.09. The van der Waals surface area contributed by atoms with Crippen LogP contribution in [-0.2, 0) is 11.2 Å². The van der Waals surface area contributed by atoms with Crippen LogP contribution in [0.1, 0.15) is 5.56 Å². The van der Waals surface area contributed by atoms with Gasteiger partial charge in [-0.15, -0.1) is 6.58 Å². The van der Waals surface area contributed by atoms with Crippen LogP contribution < -0.4 is 9.47 Å². The molecule has 5 atom stereocenters. The second kappa shape index (κ2) is 7.76. The standard InChI is InChI=1S/C16H22O7/c1-3-4-9-5-6-10(7-11(9)21-2)22-16-15(20)14(19)13(18)12(8-17)23-16/h3,5-7,12-20H,1,4,8H2,2H3/t12-,13-,14-,15-,16-/m1/s1. The maximum Gasteiger partial charge on any atom is 0.229 e. The summed E-state index contributed by atoms with van der Waals surface area (Å²) in [6.45, 7) is 3.17. The maximum atomic E-state index is 9.96. The van der Waals surface area contributed by atoms with Crippen molar-refractivity contribution in [2.75, 3.05) is 13.7 Å². The van der Waals surface area contributed by atoms with Gasteiger partial charge in [0.15, 0.2) is 0 Å². The molecule has 0 bridgehead atoms. The second-order valence-corrected chi connectivity index (χ2v) is 5.28. The minimum absolute atomic E-state index is 0.360. The Labute approximate surface area is 134 Å². The number of hydrogen-bond donors (Lipinski definition) is 4. The Bertz CT molecular complexity index is 531. The summed E-state index contributed by atoms with van der Waals surface area (Å²) < 4.78 is 16.1. The molecule has 4 N–H and O–H groups in total. The summed E-state index contributed by atoms with van der Waals surface area (Å²) in [5.41, 5.74) is 0.920. The lowest BCUT2D eigenvalue weighted by atomic mass is 9.99. The molecule has 0 radical (unpaired) electrons. The molecule has 0 unspecified atom stereocenters. The zero-order valence-corrected chi connectivity index (χ0v) is 12.8. The van der Waals surface area contributed by atoms with Crippen molar-refractivity contribution in [3.8, 4) is 11.5 Å². The first kappa shape index (κ1) is 17.7. The molecule has 2 rings (SSSR count). The first-order chi connectivity index (χ1) is 11.0. The van der Waals surface area contributed by atoms with Crippen LogP contribution in [-0.4, -0.2) is 64.8 Å². The fraction of sp³-hybridized carbons (Fsp3) is 0.500. The van der Waals surface area contributed by atoms with Gasteiger partial charge < -0.3 is 34.6 Å². The summed E-state index contributed by atoms with van der Waals surface area (Å²) in [4.78, 5) is 0. The first-order valence-electron chi connectivity index (χ1n) is 7.26. The summed E-state index contributed by atoms with van der Waals surface area (Å²) >= 11 is 0. The van der Waals surface area contributed by atoms with Crippen molar-refractivity contribution >= 4 is 0 Å². The van der Waals surface area contributed by atoms with Crippen LogP contribution in [0.4, 0.5) is 0 Å². The molecule has 23 heavy (non-hydrogen) atoms. The van der Waals surface area contributed by atoms with Gasteiger partial charge in [-0.3, -0.25) is 0 Å². The van der Waals surface area contributed by atoms with E-state index in [1.54, 1.807) is 24.3 Å². The lowest BCUT2D eigenvalue weighted by Gasteiger charge is -2.39. The first-order valence-corrected chi connectivity index (χ1v) is 7.26. The molecule has 1 aliphatic heterocycles. The van der Waals surface area contributed by atoms with Crippen molar-refractivity contribution in [3.63, 3.8) is 0 Å². The molecule has 1 aliphatic rings. The number of hydrogen-bond acceptors (Lipinski definition) is 7. The Balaban J connectivity index is 2.15. The maximum absolute atomic E-state index is 9.96. The van der Waals surface area contributed by atoms with Crippen LogP contribution in [0.25, 0.3) is 0 Å². The van der Waals surface area contributed by atoms with Crippen molar-refractivity contribution in [2.24, 2.45) is 0 Å². The average molecular weight is 326 g/mol. The van der Waals surface area contributed by atoms with E-state index in [0.717, 1.165) is 5.56 Å². The van der Waals surface area contributed by atoms with E-state index in [1.807, 2.05) is 0 Å². The zero-order valence-electron chi connectivity index (χ0n) is 12.8. The normalized spacial score (nSPS) is 30.7. The predicted molar refractivity (Wildman–Crippen MR) is 81.3 cm³/mol. The summed E-state index contributed by atoms with van der Waals surface area (Å²) in [7, 11) is 1.53. The monoisotopic (exact) mass is 326 g/mol. The lowest BCUT2D eigenvalue weighted by Crippen LogP contribution is -2.60. The van der Waals surface area contributed by atoms with Gasteiger partial charge in [-0.25, -0.2) is 0 Å². The Morgan fingerprint density at radius 3 is 2.57 bits per heavy atom. The second-order valence-electron chi connectivity index (χ2n) is 5.28. The van der Waals surface area contributed by atoms with Crippen LogP contribution in [0.3, 0.4) is 0 Å². The Morgan fingerprint density at radius 1 is 1.22 bits per heavy atom. The van der Waals surface area contributed by atoms with Gasteiger partial charge in [0.05, 0.1) is 13.7 Å². The average Bonchev–Trinajstić information content (AvgIpc) is 2.56.